The van der Waals surface area contributed by atoms with Crippen LogP contribution in [-0.2, 0) is 10.4 Å². The molecule has 0 unspecified atom stereocenters. The number of amides is 1. The molecule has 2 aromatic rings. The number of likely N-dealkylation sites (tertiary alicyclic amines) is 1. The average molecular weight is 545 g/mol. The van der Waals surface area contributed by atoms with Gasteiger partial charge in [0, 0.05) is 23.9 Å². The number of piperidine rings is 1. The van der Waals surface area contributed by atoms with Crippen LogP contribution in [0.25, 0.3) is 0 Å². The highest BCUT2D eigenvalue weighted by Crippen LogP contribution is 2.42. The first-order valence-corrected chi connectivity index (χ1v) is 14.6. The third-order valence-corrected chi connectivity index (χ3v) is 7.04. The lowest BCUT2D eigenvalue weighted by Crippen LogP contribution is -2.39. The van der Waals surface area contributed by atoms with Crippen LogP contribution in [0.4, 0.5) is 11.5 Å². The van der Waals surface area contributed by atoms with E-state index >= 15 is 0 Å². The van der Waals surface area contributed by atoms with Gasteiger partial charge in [0.25, 0.3) is 5.91 Å². The summed E-state index contributed by atoms with van der Waals surface area (Å²) in [6.07, 6.45) is 5.49. The Morgan fingerprint density at radius 2 is 1.74 bits per heavy atom. The van der Waals surface area contributed by atoms with Gasteiger partial charge >= 0.3 is 10.4 Å². The summed E-state index contributed by atoms with van der Waals surface area (Å²) >= 11 is 0. The topological polar surface area (TPSA) is 121 Å². The quantitative estimate of drug-likeness (QED) is 0.360. The number of anilines is 2. The molecule has 0 spiro atoms. The summed E-state index contributed by atoms with van der Waals surface area (Å²) in [4.78, 5) is 20.1. The number of carbonyl (C=O) groups excluding carboxylic acids is 1. The van der Waals surface area contributed by atoms with Crippen molar-refractivity contribution in [2.24, 2.45) is 5.92 Å². The molecule has 1 aliphatic heterocycles. The van der Waals surface area contributed by atoms with Crippen LogP contribution in [-0.4, -0.2) is 47.9 Å². The van der Waals surface area contributed by atoms with Gasteiger partial charge in [0.15, 0.2) is 5.75 Å². The van der Waals surface area contributed by atoms with Crippen LogP contribution in [0.5, 0.6) is 5.75 Å². The van der Waals surface area contributed by atoms with Gasteiger partial charge in [0.05, 0.1) is 11.3 Å². The lowest BCUT2D eigenvalue weighted by molar-refractivity contribution is 0.102. The monoisotopic (exact) mass is 544 g/mol. The van der Waals surface area contributed by atoms with Gasteiger partial charge in [0.2, 0.25) is 0 Å². The first-order chi connectivity index (χ1) is 18.0. The minimum Gasteiger partial charge on any atom is -0.360 e. The fourth-order valence-corrected chi connectivity index (χ4v) is 4.97. The van der Waals surface area contributed by atoms with E-state index in [1.807, 2.05) is 26.8 Å². The number of hydrogen-bond acceptors (Lipinski definition) is 7. The van der Waals surface area contributed by atoms with Gasteiger partial charge in [-0.1, -0.05) is 19.9 Å². The maximum absolute atomic E-state index is 13.4. The van der Waals surface area contributed by atoms with Crippen molar-refractivity contribution in [2.75, 3.05) is 23.7 Å². The molecule has 2 aliphatic rings. The minimum atomic E-state index is -4.81. The van der Waals surface area contributed by atoms with Crippen molar-refractivity contribution in [1.29, 1.82) is 0 Å². The number of aryl methyl sites for hydroxylation is 2. The highest BCUT2D eigenvalue weighted by atomic mass is 32.3. The van der Waals surface area contributed by atoms with Crippen molar-refractivity contribution in [3.8, 4) is 5.75 Å². The Morgan fingerprint density at radius 1 is 1.08 bits per heavy atom. The summed E-state index contributed by atoms with van der Waals surface area (Å²) in [5.41, 5.74) is 4.26. The van der Waals surface area contributed by atoms with Crippen LogP contribution in [0.15, 0.2) is 41.7 Å². The zero-order chi connectivity index (χ0) is 28.0. The van der Waals surface area contributed by atoms with Crippen LogP contribution in [0.2, 0.25) is 0 Å². The second-order valence-corrected chi connectivity index (χ2v) is 10.9. The van der Waals surface area contributed by atoms with Gasteiger partial charge < -0.3 is 19.7 Å². The number of carbonyl (C=O) groups is 1. The maximum atomic E-state index is 13.4. The zero-order valence-electron chi connectivity index (χ0n) is 23.2. The Bertz CT molecular complexity index is 1260. The Hall–Kier alpha value is -2.95. The van der Waals surface area contributed by atoms with Gasteiger partial charge in [0.1, 0.15) is 5.82 Å². The number of allylic oxidation sites excluding steroid dienone is 2. The van der Waals surface area contributed by atoms with Crippen molar-refractivity contribution in [2.45, 2.75) is 73.3 Å². The number of pyridine rings is 1. The number of hydrogen-bond donors (Lipinski definition) is 3. The largest absolute Gasteiger partial charge is 0.446 e. The first kappa shape index (κ1) is 29.6. The lowest BCUT2D eigenvalue weighted by atomic mass is 9.91. The molecule has 0 atom stereocenters. The van der Waals surface area contributed by atoms with Crippen molar-refractivity contribution >= 4 is 27.8 Å². The molecule has 0 radical (unpaired) electrons. The van der Waals surface area contributed by atoms with Gasteiger partial charge in [-0.05, 0) is 101 Å². The summed E-state index contributed by atoms with van der Waals surface area (Å²) in [5.74, 6) is 0.0367. The normalized spacial score (nSPS) is 15.9. The van der Waals surface area contributed by atoms with Gasteiger partial charge in [-0.3, -0.25) is 9.35 Å². The number of rotatable bonds is 8. The fourth-order valence-electron chi connectivity index (χ4n) is 4.62. The highest BCUT2D eigenvalue weighted by molar-refractivity contribution is 7.81. The highest BCUT2D eigenvalue weighted by Gasteiger charge is 2.31. The summed E-state index contributed by atoms with van der Waals surface area (Å²) in [5, 5.41) is 6.18. The number of nitrogens with zero attached hydrogens (tertiary/aromatic N) is 2. The van der Waals surface area contributed by atoms with E-state index in [1.54, 1.807) is 25.3 Å². The molecular weight excluding hydrogens is 504 g/mol. The Labute approximate surface area is 226 Å². The molecule has 1 aliphatic carbocycles. The van der Waals surface area contributed by atoms with E-state index in [4.69, 9.17) is 4.18 Å². The van der Waals surface area contributed by atoms with Crippen molar-refractivity contribution in [1.82, 2.24) is 9.88 Å². The summed E-state index contributed by atoms with van der Waals surface area (Å²) < 4.78 is 37.8. The minimum absolute atomic E-state index is 0.127. The van der Waals surface area contributed by atoms with E-state index in [0.29, 0.717) is 17.4 Å². The molecule has 1 saturated heterocycles. The molecule has 38 heavy (non-hydrogen) atoms. The van der Waals surface area contributed by atoms with E-state index in [1.165, 1.54) is 11.6 Å². The van der Waals surface area contributed by atoms with Crippen LogP contribution in [0.1, 0.15) is 74.9 Å². The van der Waals surface area contributed by atoms with E-state index in [0.717, 1.165) is 50.0 Å². The second kappa shape index (κ2) is 12.7. The third-order valence-electron chi connectivity index (χ3n) is 6.65. The molecule has 0 bridgehead atoms. The van der Waals surface area contributed by atoms with Crippen molar-refractivity contribution in [3.05, 3.63) is 58.4 Å². The fraction of sp³-hybridized carbons (Fsp3) is 0.500. The SMILES string of the molecule is CC.Cc1ccc(NC(=O)c2cc(C)cc(OS(=O)(=O)O)c2NC(=C2CC2)C2CCN(C(C)C)CC2)nc1. The molecule has 1 aromatic carbocycles. The van der Waals surface area contributed by atoms with E-state index < -0.39 is 16.3 Å². The van der Waals surface area contributed by atoms with E-state index in [2.05, 4.69) is 34.4 Å². The Morgan fingerprint density at radius 3 is 2.26 bits per heavy atom. The van der Waals surface area contributed by atoms with Crippen LogP contribution < -0.4 is 14.8 Å². The third kappa shape index (κ3) is 8.02. The first-order valence-electron chi connectivity index (χ1n) is 13.3. The standard InChI is InChI=1S/C26H34N4O5S.C2H6/c1-16(2)30-11-9-20(10-12-30)24(19-6-7-19)29-25-21(13-18(4)14-22(25)35-36(32,33)34)26(31)28-23-8-5-17(3)15-27-23;1-2/h5,8,13-16,20,29H,6-7,9-12H2,1-4H3,(H,27,28,31)(H,32,33,34);1-2H3. The molecule has 2 fully saturated rings. The predicted molar refractivity (Wildman–Crippen MR) is 151 cm³/mol. The number of nitrogens with one attached hydrogen (secondary N) is 2. The van der Waals surface area contributed by atoms with Crippen LogP contribution in [0.3, 0.4) is 0 Å². The van der Waals surface area contributed by atoms with Gasteiger partial charge in [-0.2, -0.15) is 8.42 Å². The molecule has 4 rings (SSSR count). The smallest absolute Gasteiger partial charge is 0.360 e. The molecule has 208 valence electrons. The molecule has 1 amide bonds. The van der Waals surface area contributed by atoms with E-state index in [-0.39, 0.29) is 22.9 Å². The van der Waals surface area contributed by atoms with Crippen molar-refractivity contribution in [3.63, 3.8) is 0 Å². The number of aromatic nitrogens is 1. The summed E-state index contributed by atoms with van der Waals surface area (Å²) in [6, 6.07) is 7.18. The second-order valence-electron chi connectivity index (χ2n) is 9.92. The molecule has 10 heteroatoms. The zero-order valence-corrected chi connectivity index (χ0v) is 24.0. The Kier molecular flexibility index (Phi) is 9.92. The maximum Gasteiger partial charge on any atom is 0.446 e. The Balaban J connectivity index is 0.00000195. The number of benzene rings is 1. The van der Waals surface area contributed by atoms with Gasteiger partial charge in [-0.25, -0.2) is 4.98 Å². The van der Waals surface area contributed by atoms with E-state index in [9.17, 15) is 17.8 Å². The molecular formula is C28H40N4O5S. The summed E-state index contributed by atoms with van der Waals surface area (Å²) in [6.45, 7) is 13.9. The van der Waals surface area contributed by atoms with Gasteiger partial charge in [-0.15, -0.1) is 0 Å². The molecule has 1 saturated carbocycles. The molecule has 3 N–H and O–H groups in total. The van der Waals surface area contributed by atoms with Crippen molar-refractivity contribution < 1.29 is 21.9 Å². The lowest BCUT2D eigenvalue weighted by Gasteiger charge is -2.36. The molecule has 1 aromatic heterocycles. The predicted octanol–water partition coefficient (Wildman–Crippen LogP) is 5.74. The summed E-state index contributed by atoms with van der Waals surface area (Å²) in [7, 11) is -4.81. The molecule has 9 nitrogen and oxygen atoms in total. The molecule has 2 heterocycles. The van der Waals surface area contributed by atoms with Crippen LogP contribution in [0, 0.1) is 19.8 Å². The average Bonchev–Trinajstić information content (AvgIpc) is 3.70. The van der Waals surface area contributed by atoms with Crippen LogP contribution >= 0.6 is 0 Å².